The van der Waals surface area contributed by atoms with E-state index in [2.05, 4.69) is 35.3 Å². The number of rotatable bonds is 16. The second-order valence-electron chi connectivity index (χ2n) is 8.35. The van der Waals surface area contributed by atoms with Crippen LogP contribution in [0.15, 0.2) is 62.0 Å². The lowest BCUT2D eigenvalue weighted by Gasteiger charge is -2.11. The van der Waals surface area contributed by atoms with E-state index in [1.165, 1.54) is 11.6 Å². The summed E-state index contributed by atoms with van der Waals surface area (Å²) in [5.41, 5.74) is 2.14. The zero-order chi connectivity index (χ0) is 24.6. The average Bonchev–Trinajstić information content (AvgIpc) is 2.85. The maximum absolute atomic E-state index is 12.0. The number of hydrogen-bond donors (Lipinski definition) is 0. The number of allylic oxidation sites excluding steroid dienone is 1. The Balaban J connectivity index is 1.72. The van der Waals surface area contributed by atoms with Crippen LogP contribution in [0, 0.1) is 0 Å². The number of carbonyl (C=O) groups excluding carboxylic acids is 2. The van der Waals surface area contributed by atoms with Crippen molar-refractivity contribution in [2.45, 2.75) is 77.2 Å². The summed E-state index contributed by atoms with van der Waals surface area (Å²) in [6.07, 6.45) is 15.3. The first-order valence-electron chi connectivity index (χ1n) is 12.1. The van der Waals surface area contributed by atoms with E-state index < -0.39 is 0 Å². The number of benzene rings is 1. The van der Waals surface area contributed by atoms with Crippen LogP contribution in [0.25, 0.3) is 11.4 Å². The molecule has 0 amide bonds. The van der Waals surface area contributed by atoms with Crippen LogP contribution >= 0.6 is 0 Å². The molecule has 0 saturated heterocycles. The summed E-state index contributed by atoms with van der Waals surface area (Å²) in [6.45, 7) is 9.02. The Bertz CT molecular complexity index is 907. The van der Waals surface area contributed by atoms with Crippen LogP contribution in [0.1, 0.15) is 70.3 Å². The lowest BCUT2D eigenvalue weighted by atomic mass is 10.0. The molecule has 0 fully saturated rings. The molecule has 0 aliphatic heterocycles. The molecule has 0 N–H and O–H groups in total. The molecule has 1 heterocycles. The molecular weight excluding hydrogens is 428 g/mol. The van der Waals surface area contributed by atoms with E-state index in [0.717, 1.165) is 63.4 Å². The predicted molar refractivity (Wildman–Crippen MR) is 134 cm³/mol. The Morgan fingerprint density at radius 1 is 0.971 bits per heavy atom. The Kier molecular flexibility index (Phi) is 12.3. The third-order valence-corrected chi connectivity index (χ3v) is 5.42. The van der Waals surface area contributed by atoms with Crippen molar-refractivity contribution in [3.8, 4) is 17.1 Å². The number of aromatic nitrogens is 2. The van der Waals surface area contributed by atoms with Gasteiger partial charge in [0.15, 0.2) is 11.6 Å². The van der Waals surface area contributed by atoms with Gasteiger partial charge in [-0.3, -0.25) is 4.79 Å². The second kappa shape index (κ2) is 15.5. The standard InChI is InChI=1S/C28H36N2O4/c1-4-6-7-8-9-10-15-27(32)34-25-20-29-28(30-21-25)24-18-16-23(17-19-24)14-12-11-13-22(3)33-26(31)5-2/h4-5,16-22H,1-2,6-15H2,3H3. The van der Waals surface area contributed by atoms with E-state index in [1.54, 1.807) is 12.4 Å². The third kappa shape index (κ3) is 10.6. The Labute approximate surface area is 203 Å². The van der Waals surface area contributed by atoms with Crippen LogP contribution in [-0.2, 0) is 20.7 Å². The molecule has 1 unspecified atom stereocenters. The molecule has 1 atom stereocenters. The van der Waals surface area contributed by atoms with E-state index in [-0.39, 0.29) is 18.0 Å². The molecule has 1 aromatic carbocycles. The number of esters is 2. The number of unbranched alkanes of at least 4 members (excludes halogenated alkanes) is 5. The topological polar surface area (TPSA) is 78.4 Å². The first-order valence-corrected chi connectivity index (χ1v) is 12.1. The van der Waals surface area contributed by atoms with Gasteiger partial charge in [-0.05, 0) is 57.4 Å². The highest BCUT2D eigenvalue weighted by atomic mass is 16.5. The van der Waals surface area contributed by atoms with Crippen molar-refractivity contribution < 1.29 is 19.1 Å². The van der Waals surface area contributed by atoms with Gasteiger partial charge in [0.2, 0.25) is 0 Å². The van der Waals surface area contributed by atoms with Crippen LogP contribution in [0.4, 0.5) is 0 Å². The van der Waals surface area contributed by atoms with Crippen molar-refractivity contribution in [2.75, 3.05) is 0 Å². The van der Waals surface area contributed by atoms with Crippen molar-refractivity contribution in [3.05, 3.63) is 67.5 Å². The molecule has 182 valence electrons. The average molecular weight is 465 g/mol. The van der Waals surface area contributed by atoms with E-state index in [4.69, 9.17) is 9.47 Å². The quantitative estimate of drug-likeness (QED) is 0.124. The van der Waals surface area contributed by atoms with Crippen LogP contribution < -0.4 is 4.74 Å². The lowest BCUT2D eigenvalue weighted by molar-refractivity contribution is -0.142. The largest absolute Gasteiger partial charge is 0.460 e. The van der Waals surface area contributed by atoms with Gasteiger partial charge in [-0.2, -0.15) is 0 Å². The van der Waals surface area contributed by atoms with Crippen LogP contribution in [0.3, 0.4) is 0 Å². The summed E-state index contributed by atoms with van der Waals surface area (Å²) < 4.78 is 10.5. The summed E-state index contributed by atoms with van der Waals surface area (Å²) >= 11 is 0. The molecular formula is C28H36N2O4. The van der Waals surface area contributed by atoms with Gasteiger partial charge in [-0.25, -0.2) is 14.8 Å². The Hall–Kier alpha value is -3.28. The minimum Gasteiger partial charge on any atom is -0.460 e. The molecule has 34 heavy (non-hydrogen) atoms. The molecule has 1 aromatic heterocycles. The number of hydrogen-bond acceptors (Lipinski definition) is 6. The maximum atomic E-state index is 12.0. The molecule has 0 spiro atoms. The first-order chi connectivity index (χ1) is 16.5. The van der Waals surface area contributed by atoms with Crippen molar-refractivity contribution >= 4 is 11.9 Å². The van der Waals surface area contributed by atoms with Gasteiger partial charge in [-0.1, -0.05) is 49.8 Å². The van der Waals surface area contributed by atoms with Crippen molar-refractivity contribution in [3.63, 3.8) is 0 Å². The number of ether oxygens (including phenoxy) is 2. The van der Waals surface area contributed by atoms with Gasteiger partial charge < -0.3 is 9.47 Å². The molecule has 0 aliphatic rings. The molecule has 2 rings (SSSR count). The molecule has 0 aliphatic carbocycles. The smallest absolute Gasteiger partial charge is 0.330 e. The lowest BCUT2D eigenvalue weighted by Crippen LogP contribution is -2.12. The number of carbonyl (C=O) groups is 2. The van der Waals surface area contributed by atoms with Crippen LogP contribution in [0.2, 0.25) is 0 Å². The van der Waals surface area contributed by atoms with Gasteiger partial charge in [0.05, 0.1) is 18.5 Å². The molecule has 0 saturated carbocycles. The van der Waals surface area contributed by atoms with Crippen molar-refractivity contribution in [1.82, 2.24) is 9.97 Å². The molecule has 6 nitrogen and oxygen atoms in total. The highest BCUT2D eigenvalue weighted by Gasteiger charge is 2.08. The number of aryl methyl sites for hydroxylation is 1. The van der Waals surface area contributed by atoms with Crippen molar-refractivity contribution in [2.24, 2.45) is 0 Å². The van der Waals surface area contributed by atoms with E-state index in [9.17, 15) is 9.59 Å². The maximum Gasteiger partial charge on any atom is 0.330 e. The summed E-state index contributed by atoms with van der Waals surface area (Å²) in [6, 6.07) is 8.14. The SMILES string of the molecule is C=CCCCCCCC(=O)Oc1cnc(-c2ccc(CCCCC(C)OC(=O)C=C)cc2)nc1. The summed E-state index contributed by atoms with van der Waals surface area (Å²) in [5, 5.41) is 0. The molecule has 6 heteroatoms. The van der Waals surface area contributed by atoms with Gasteiger partial charge >= 0.3 is 11.9 Å². The minimum absolute atomic E-state index is 0.0975. The fourth-order valence-electron chi connectivity index (χ4n) is 3.50. The molecule has 0 bridgehead atoms. The molecule has 0 radical (unpaired) electrons. The summed E-state index contributed by atoms with van der Waals surface area (Å²) in [4.78, 5) is 31.9. The van der Waals surface area contributed by atoms with E-state index in [1.807, 2.05) is 25.1 Å². The van der Waals surface area contributed by atoms with Crippen LogP contribution in [0.5, 0.6) is 5.75 Å². The monoisotopic (exact) mass is 464 g/mol. The zero-order valence-electron chi connectivity index (χ0n) is 20.2. The minimum atomic E-state index is -0.373. The fourth-order valence-corrected chi connectivity index (χ4v) is 3.50. The van der Waals surface area contributed by atoms with Crippen molar-refractivity contribution in [1.29, 1.82) is 0 Å². The first kappa shape index (κ1) is 27.0. The normalized spacial score (nSPS) is 11.4. The van der Waals surface area contributed by atoms with Gasteiger partial charge in [-0.15, -0.1) is 6.58 Å². The van der Waals surface area contributed by atoms with Gasteiger partial charge in [0.25, 0.3) is 0 Å². The number of nitrogens with zero attached hydrogens (tertiary/aromatic N) is 2. The highest BCUT2D eigenvalue weighted by Crippen LogP contribution is 2.19. The van der Waals surface area contributed by atoms with E-state index in [0.29, 0.717) is 18.0 Å². The highest BCUT2D eigenvalue weighted by molar-refractivity contribution is 5.81. The van der Waals surface area contributed by atoms with Gasteiger partial charge in [0.1, 0.15) is 0 Å². The summed E-state index contributed by atoms with van der Waals surface area (Å²) in [5.74, 6) is 0.330. The second-order valence-corrected chi connectivity index (χ2v) is 8.35. The van der Waals surface area contributed by atoms with Gasteiger partial charge in [0, 0.05) is 18.1 Å². The zero-order valence-corrected chi connectivity index (χ0v) is 20.2. The molecule has 2 aromatic rings. The Morgan fingerprint density at radius 3 is 2.35 bits per heavy atom. The van der Waals surface area contributed by atoms with Crippen LogP contribution in [-0.4, -0.2) is 28.0 Å². The Morgan fingerprint density at radius 2 is 1.68 bits per heavy atom. The summed E-state index contributed by atoms with van der Waals surface area (Å²) in [7, 11) is 0. The fraction of sp³-hybridized carbons (Fsp3) is 0.429. The third-order valence-electron chi connectivity index (χ3n) is 5.42. The van der Waals surface area contributed by atoms with E-state index >= 15 is 0 Å². The predicted octanol–water partition coefficient (Wildman–Crippen LogP) is 6.41.